The Morgan fingerprint density at radius 2 is 1.57 bits per heavy atom. The van der Waals surface area contributed by atoms with Crippen LogP contribution in [0.3, 0.4) is 0 Å². The summed E-state index contributed by atoms with van der Waals surface area (Å²) in [7, 11) is 0. The van der Waals surface area contributed by atoms with Gasteiger partial charge >= 0.3 is 5.97 Å². The van der Waals surface area contributed by atoms with Gasteiger partial charge in [-0.15, -0.1) is 0 Å². The molecule has 6 rings (SSSR count). The van der Waals surface area contributed by atoms with Crippen molar-refractivity contribution >= 4 is 39.4 Å². The van der Waals surface area contributed by atoms with Crippen LogP contribution in [0, 0.1) is 0 Å². The van der Waals surface area contributed by atoms with Crippen LogP contribution in [0.25, 0.3) is 55.2 Å². The number of nitrogens with one attached hydrogen (secondary N) is 1. The Kier molecular flexibility index (Phi) is 6.89. The van der Waals surface area contributed by atoms with Crippen molar-refractivity contribution in [3.63, 3.8) is 0 Å². The highest BCUT2D eigenvalue weighted by atomic mass is 35.5. The van der Waals surface area contributed by atoms with E-state index in [0.29, 0.717) is 22.7 Å². The summed E-state index contributed by atoms with van der Waals surface area (Å²) < 4.78 is 5.07. The number of aromatic nitrogens is 2. The molecule has 0 aliphatic carbocycles. The Hall–Kier alpha value is -4.74. The number of rotatable bonds is 6. The quantitative estimate of drug-likeness (QED) is 0.217. The monoisotopic (exact) mass is 544 g/mol. The lowest BCUT2D eigenvalue weighted by molar-refractivity contribution is -0.142. The first-order chi connectivity index (χ1) is 19.5. The summed E-state index contributed by atoms with van der Waals surface area (Å²) >= 11 is 6.69. The van der Waals surface area contributed by atoms with Gasteiger partial charge < -0.3 is 9.72 Å². The molecule has 0 unspecified atom stereocenters. The number of ether oxygens (including phenoxy) is 1. The molecular formula is C34H25ClN2O3. The van der Waals surface area contributed by atoms with Crippen molar-refractivity contribution in [1.82, 2.24) is 9.97 Å². The molecule has 40 heavy (non-hydrogen) atoms. The van der Waals surface area contributed by atoms with Gasteiger partial charge in [-0.05, 0) is 64.9 Å². The summed E-state index contributed by atoms with van der Waals surface area (Å²) in [5.74, 6) is -0.297. The van der Waals surface area contributed by atoms with E-state index in [1.165, 1.54) is 0 Å². The number of hydrogen-bond donors (Lipinski definition) is 1. The predicted molar refractivity (Wildman–Crippen MR) is 162 cm³/mol. The summed E-state index contributed by atoms with van der Waals surface area (Å²) in [4.78, 5) is 32.5. The number of esters is 1. The second kappa shape index (κ2) is 10.8. The highest BCUT2D eigenvalue weighted by Gasteiger charge is 2.12. The van der Waals surface area contributed by atoms with Crippen molar-refractivity contribution in [2.75, 3.05) is 6.61 Å². The van der Waals surface area contributed by atoms with E-state index in [1.807, 2.05) is 72.9 Å². The van der Waals surface area contributed by atoms with Gasteiger partial charge in [0.05, 0.1) is 23.6 Å². The number of para-hydroxylation sites is 1. The normalized spacial score (nSPS) is 11.2. The van der Waals surface area contributed by atoms with Crippen molar-refractivity contribution in [1.29, 1.82) is 0 Å². The van der Waals surface area contributed by atoms with Gasteiger partial charge in [0.2, 0.25) is 0 Å². The summed E-state index contributed by atoms with van der Waals surface area (Å²) in [6.07, 6.45) is 2.04. The number of carbonyl (C=O) groups is 1. The topological polar surface area (TPSA) is 72.0 Å². The minimum absolute atomic E-state index is 0.151. The Morgan fingerprint density at radius 3 is 2.40 bits per heavy atom. The second-order valence-electron chi connectivity index (χ2n) is 9.61. The Balaban J connectivity index is 1.34. The van der Waals surface area contributed by atoms with Crippen LogP contribution in [-0.4, -0.2) is 22.5 Å². The first kappa shape index (κ1) is 25.5. The zero-order valence-electron chi connectivity index (χ0n) is 21.8. The van der Waals surface area contributed by atoms with Crippen LogP contribution in [0.15, 0.2) is 108 Å². The number of carbonyl (C=O) groups excluding carboxylic acids is 1. The molecule has 2 aromatic heterocycles. The third-order valence-electron chi connectivity index (χ3n) is 6.94. The van der Waals surface area contributed by atoms with E-state index in [2.05, 4.69) is 34.2 Å². The number of halogens is 1. The summed E-state index contributed by atoms with van der Waals surface area (Å²) in [5, 5.41) is 2.50. The van der Waals surface area contributed by atoms with Gasteiger partial charge in [0.25, 0.3) is 5.56 Å². The molecule has 0 aliphatic rings. The lowest BCUT2D eigenvalue weighted by Gasteiger charge is -2.11. The van der Waals surface area contributed by atoms with Gasteiger partial charge in [-0.1, -0.05) is 78.3 Å². The molecule has 1 N–H and O–H groups in total. The molecule has 2 heterocycles. The van der Waals surface area contributed by atoms with E-state index in [0.717, 1.165) is 49.7 Å². The molecule has 0 amide bonds. The third kappa shape index (κ3) is 5.12. The largest absolute Gasteiger partial charge is 0.466 e. The minimum atomic E-state index is -0.297. The minimum Gasteiger partial charge on any atom is -0.466 e. The van der Waals surface area contributed by atoms with Crippen LogP contribution in [0.4, 0.5) is 0 Å². The van der Waals surface area contributed by atoms with Crippen LogP contribution < -0.4 is 5.56 Å². The van der Waals surface area contributed by atoms with Gasteiger partial charge in [0, 0.05) is 33.8 Å². The number of aromatic amines is 1. The zero-order valence-corrected chi connectivity index (χ0v) is 22.5. The molecule has 0 radical (unpaired) electrons. The molecule has 4 aromatic carbocycles. The summed E-state index contributed by atoms with van der Waals surface area (Å²) in [6, 6.07) is 31.5. The van der Waals surface area contributed by atoms with Crippen molar-refractivity contribution in [2.45, 2.75) is 13.3 Å². The lowest BCUT2D eigenvalue weighted by Crippen LogP contribution is -2.10. The third-order valence-corrected chi connectivity index (χ3v) is 7.26. The molecule has 196 valence electrons. The van der Waals surface area contributed by atoms with E-state index >= 15 is 0 Å². The molecule has 6 aromatic rings. The average molecular weight is 545 g/mol. The molecule has 6 heteroatoms. The Bertz CT molecular complexity index is 1940. The number of benzene rings is 4. The maximum atomic E-state index is 13.0. The number of H-pyrrole nitrogens is 1. The highest BCUT2D eigenvalue weighted by molar-refractivity contribution is 6.34. The molecule has 0 saturated heterocycles. The van der Waals surface area contributed by atoms with Crippen LogP contribution >= 0.6 is 11.6 Å². The first-order valence-electron chi connectivity index (χ1n) is 13.1. The highest BCUT2D eigenvalue weighted by Crippen LogP contribution is 2.34. The van der Waals surface area contributed by atoms with Crippen molar-refractivity contribution in [3.05, 3.63) is 124 Å². The van der Waals surface area contributed by atoms with Crippen LogP contribution in [0.1, 0.15) is 12.5 Å². The van der Waals surface area contributed by atoms with Crippen molar-refractivity contribution in [2.24, 2.45) is 0 Å². The molecule has 0 atom stereocenters. The molecule has 0 saturated carbocycles. The van der Waals surface area contributed by atoms with E-state index in [4.69, 9.17) is 16.3 Å². The Labute approximate surface area is 236 Å². The number of fused-ring (bicyclic) bond motifs is 2. The average Bonchev–Trinajstić information content (AvgIpc) is 2.97. The van der Waals surface area contributed by atoms with E-state index < -0.39 is 0 Å². The van der Waals surface area contributed by atoms with Crippen molar-refractivity contribution in [3.8, 4) is 33.4 Å². The number of pyridine rings is 2. The molecule has 5 nitrogen and oxygen atoms in total. The first-order valence-corrected chi connectivity index (χ1v) is 13.4. The fourth-order valence-corrected chi connectivity index (χ4v) is 5.24. The molecule has 0 bridgehead atoms. The maximum absolute atomic E-state index is 13.0. The SMILES string of the molecule is CCOC(=O)Cc1cccc(-c2cc3cc(-c4ccc(-c5cnc6ccccc6c5)cc4)c(Cl)cc3[nH]c2=O)c1. The predicted octanol–water partition coefficient (Wildman–Crippen LogP) is 7.84. The lowest BCUT2D eigenvalue weighted by atomic mass is 9.97. The van der Waals surface area contributed by atoms with E-state index in [-0.39, 0.29) is 17.9 Å². The molecule has 0 fully saturated rings. The number of hydrogen-bond acceptors (Lipinski definition) is 4. The van der Waals surface area contributed by atoms with Crippen LogP contribution in [0.5, 0.6) is 0 Å². The van der Waals surface area contributed by atoms with Crippen LogP contribution in [-0.2, 0) is 16.0 Å². The van der Waals surface area contributed by atoms with Crippen molar-refractivity contribution < 1.29 is 9.53 Å². The van der Waals surface area contributed by atoms with Gasteiger partial charge in [0.15, 0.2) is 0 Å². The molecule has 0 spiro atoms. The zero-order chi connectivity index (χ0) is 27.6. The Morgan fingerprint density at radius 1 is 0.800 bits per heavy atom. The molecular weight excluding hydrogens is 520 g/mol. The number of nitrogens with zero attached hydrogens (tertiary/aromatic N) is 1. The van der Waals surface area contributed by atoms with E-state index in [9.17, 15) is 9.59 Å². The fourth-order valence-electron chi connectivity index (χ4n) is 4.96. The fraction of sp³-hybridized carbons (Fsp3) is 0.0882. The van der Waals surface area contributed by atoms with Crippen LogP contribution in [0.2, 0.25) is 5.02 Å². The second-order valence-corrected chi connectivity index (χ2v) is 10.0. The summed E-state index contributed by atoms with van der Waals surface area (Å²) in [5.41, 5.74) is 7.38. The summed E-state index contributed by atoms with van der Waals surface area (Å²) in [6.45, 7) is 2.11. The van der Waals surface area contributed by atoms with Gasteiger partial charge in [0.1, 0.15) is 0 Å². The van der Waals surface area contributed by atoms with Gasteiger partial charge in [-0.25, -0.2) is 0 Å². The smallest absolute Gasteiger partial charge is 0.310 e. The standard InChI is InChI=1S/C34H25ClN2O3/c1-2-40-33(38)15-21-6-5-8-24(14-21)29-18-26-17-28(30(35)19-32(26)37-34(29)39)23-12-10-22(11-13-23)27-16-25-7-3-4-9-31(25)36-20-27/h3-14,16-20H,2,15H2,1H3,(H,37,39). The maximum Gasteiger partial charge on any atom is 0.310 e. The molecule has 0 aliphatic heterocycles. The van der Waals surface area contributed by atoms with Gasteiger partial charge in [-0.2, -0.15) is 0 Å². The van der Waals surface area contributed by atoms with Gasteiger partial charge in [-0.3, -0.25) is 14.6 Å². The van der Waals surface area contributed by atoms with E-state index in [1.54, 1.807) is 13.0 Å².